The van der Waals surface area contributed by atoms with E-state index >= 15 is 0 Å². The second-order valence-electron chi connectivity index (χ2n) is 8.62. The molecule has 32 heavy (non-hydrogen) atoms. The highest BCUT2D eigenvalue weighted by Crippen LogP contribution is 2.35. The van der Waals surface area contributed by atoms with Crippen molar-refractivity contribution in [1.82, 2.24) is 19.9 Å². The molecular formula is C25H23N5OS. The highest BCUT2D eigenvalue weighted by atomic mass is 32.1. The Labute approximate surface area is 190 Å². The lowest BCUT2D eigenvalue weighted by Gasteiger charge is -2.32. The average molecular weight is 442 g/mol. The lowest BCUT2D eigenvalue weighted by molar-refractivity contribution is 0.0689. The molecule has 2 bridgehead atoms. The number of carbonyl (C=O) groups is 1. The molecule has 160 valence electrons. The second kappa shape index (κ2) is 7.67. The van der Waals surface area contributed by atoms with Gasteiger partial charge in [-0.2, -0.15) is 0 Å². The molecule has 1 amide bonds. The maximum atomic E-state index is 13.6. The Morgan fingerprint density at radius 2 is 1.81 bits per heavy atom. The number of hydrogen-bond donors (Lipinski definition) is 0. The number of anilines is 1. The van der Waals surface area contributed by atoms with Crippen LogP contribution in [0.3, 0.4) is 0 Å². The van der Waals surface area contributed by atoms with Gasteiger partial charge in [-0.1, -0.05) is 48.5 Å². The second-order valence-corrected chi connectivity index (χ2v) is 9.83. The zero-order valence-corrected chi connectivity index (χ0v) is 18.6. The average Bonchev–Trinajstić information content (AvgIpc) is 3.37. The van der Waals surface area contributed by atoms with E-state index in [-0.39, 0.29) is 11.9 Å². The van der Waals surface area contributed by atoms with Crippen LogP contribution in [0.1, 0.15) is 21.9 Å². The topological polar surface area (TPSA) is 62.2 Å². The van der Waals surface area contributed by atoms with Crippen LogP contribution in [0.25, 0.3) is 21.3 Å². The largest absolute Gasteiger partial charge is 0.336 e. The molecule has 4 heterocycles. The first-order valence-corrected chi connectivity index (χ1v) is 11.8. The van der Waals surface area contributed by atoms with Crippen molar-refractivity contribution in [2.24, 2.45) is 5.92 Å². The molecule has 0 spiro atoms. The lowest BCUT2D eigenvalue weighted by Crippen LogP contribution is -2.45. The number of piperidine rings is 1. The minimum absolute atomic E-state index is 0.0317. The van der Waals surface area contributed by atoms with Gasteiger partial charge in [0.25, 0.3) is 5.91 Å². The van der Waals surface area contributed by atoms with E-state index in [0.29, 0.717) is 18.2 Å². The molecule has 2 aromatic carbocycles. The van der Waals surface area contributed by atoms with Crippen molar-refractivity contribution >= 4 is 34.1 Å². The molecule has 0 aliphatic carbocycles. The molecule has 0 N–H and O–H groups in total. The molecule has 6 rings (SSSR count). The summed E-state index contributed by atoms with van der Waals surface area (Å²) >= 11 is 1.59. The molecule has 4 aromatic rings. The van der Waals surface area contributed by atoms with Gasteiger partial charge >= 0.3 is 0 Å². The maximum absolute atomic E-state index is 13.6. The van der Waals surface area contributed by atoms with E-state index in [1.165, 1.54) is 0 Å². The number of benzene rings is 2. The van der Waals surface area contributed by atoms with Crippen molar-refractivity contribution < 1.29 is 4.79 Å². The number of aromatic nitrogens is 3. The fourth-order valence-corrected chi connectivity index (χ4v) is 5.89. The highest BCUT2D eigenvalue weighted by molar-refractivity contribution is 7.15. The number of likely N-dealkylation sites (tertiary alicyclic amines) is 1. The summed E-state index contributed by atoms with van der Waals surface area (Å²) in [7, 11) is 0. The van der Waals surface area contributed by atoms with Crippen molar-refractivity contribution in [2.45, 2.75) is 19.4 Å². The fraction of sp³-hybridized carbons (Fsp3) is 0.280. The molecule has 2 aliphatic heterocycles. The number of nitrogens with zero attached hydrogens (tertiary/aromatic N) is 5. The summed E-state index contributed by atoms with van der Waals surface area (Å²) in [5.41, 5.74) is 2.58. The predicted octanol–water partition coefficient (Wildman–Crippen LogP) is 4.41. The molecule has 2 saturated heterocycles. The zero-order valence-electron chi connectivity index (χ0n) is 17.8. The first-order valence-electron chi connectivity index (χ1n) is 11.0. The van der Waals surface area contributed by atoms with Gasteiger partial charge in [0.1, 0.15) is 5.69 Å². The SMILES string of the molecule is Cc1nc(C(=O)N2CC3CC(C2)N(c2ncc4ccccc4n2)C3)c(-c2ccccc2)s1. The summed E-state index contributed by atoms with van der Waals surface area (Å²) in [6, 6.07) is 18.4. The van der Waals surface area contributed by atoms with Gasteiger partial charge in [-0.25, -0.2) is 15.0 Å². The zero-order chi connectivity index (χ0) is 21.7. The summed E-state index contributed by atoms with van der Waals surface area (Å²) < 4.78 is 0. The first kappa shape index (κ1) is 19.4. The molecule has 0 radical (unpaired) electrons. The van der Waals surface area contributed by atoms with Gasteiger partial charge in [-0.3, -0.25) is 4.79 Å². The Balaban J connectivity index is 1.27. The minimum Gasteiger partial charge on any atom is -0.336 e. The molecular weight excluding hydrogens is 418 g/mol. The number of para-hydroxylation sites is 1. The van der Waals surface area contributed by atoms with Crippen LogP contribution in [0, 0.1) is 12.8 Å². The Kier molecular flexibility index (Phi) is 4.64. The fourth-order valence-electron chi connectivity index (χ4n) is 4.98. The molecule has 2 aromatic heterocycles. The van der Waals surface area contributed by atoms with Crippen LogP contribution in [0.2, 0.25) is 0 Å². The van der Waals surface area contributed by atoms with E-state index in [0.717, 1.165) is 51.8 Å². The Bertz CT molecular complexity index is 1300. The summed E-state index contributed by atoms with van der Waals surface area (Å²) in [5.74, 6) is 1.22. The summed E-state index contributed by atoms with van der Waals surface area (Å²) in [6.45, 7) is 4.28. The summed E-state index contributed by atoms with van der Waals surface area (Å²) in [4.78, 5) is 32.9. The van der Waals surface area contributed by atoms with Crippen molar-refractivity contribution in [3.63, 3.8) is 0 Å². The number of fused-ring (bicyclic) bond motifs is 3. The number of carbonyl (C=O) groups excluding carboxylic acids is 1. The van der Waals surface area contributed by atoms with Crippen LogP contribution in [0.5, 0.6) is 0 Å². The molecule has 2 fully saturated rings. The van der Waals surface area contributed by atoms with Gasteiger partial charge in [-0.15, -0.1) is 11.3 Å². The van der Waals surface area contributed by atoms with Crippen LogP contribution in [-0.2, 0) is 0 Å². The molecule has 2 aliphatic rings. The normalized spacial score (nSPS) is 20.2. The lowest BCUT2D eigenvalue weighted by atomic mass is 9.99. The monoisotopic (exact) mass is 441 g/mol. The number of thiazole rings is 1. The molecule has 6 nitrogen and oxygen atoms in total. The molecule has 2 unspecified atom stereocenters. The number of amides is 1. The third kappa shape index (κ3) is 3.33. The first-order chi connectivity index (χ1) is 15.7. The van der Waals surface area contributed by atoms with E-state index in [4.69, 9.17) is 4.98 Å². The van der Waals surface area contributed by atoms with E-state index < -0.39 is 0 Å². The van der Waals surface area contributed by atoms with Crippen LogP contribution >= 0.6 is 11.3 Å². The van der Waals surface area contributed by atoms with E-state index in [2.05, 4.69) is 14.9 Å². The van der Waals surface area contributed by atoms with Crippen molar-refractivity contribution in [3.05, 3.63) is 71.5 Å². The van der Waals surface area contributed by atoms with Crippen LogP contribution in [0.15, 0.2) is 60.8 Å². The number of hydrogen-bond acceptors (Lipinski definition) is 6. The maximum Gasteiger partial charge on any atom is 0.274 e. The van der Waals surface area contributed by atoms with E-state index in [1.807, 2.05) is 72.6 Å². The quantitative estimate of drug-likeness (QED) is 0.471. The van der Waals surface area contributed by atoms with E-state index in [1.54, 1.807) is 11.3 Å². The van der Waals surface area contributed by atoms with Crippen molar-refractivity contribution in [3.8, 4) is 10.4 Å². The molecule has 2 atom stereocenters. The Morgan fingerprint density at radius 1 is 1.00 bits per heavy atom. The van der Waals surface area contributed by atoms with Gasteiger partial charge in [0, 0.05) is 37.3 Å². The smallest absolute Gasteiger partial charge is 0.274 e. The van der Waals surface area contributed by atoms with Gasteiger partial charge in [-0.05, 0) is 30.9 Å². The third-order valence-electron chi connectivity index (χ3n) is 6.40. The molecule has 7 heteroatoms. The summed E-state index contributed by atoms with van der Waals surface area (Å²) in [6.07, 6.45) is 2.97. The Morgan fingerprint density at radius 3 is 2.69 bits per heavy atom. The number of rotatable bonds is 3. The van der Waals surface area contributed by atoms with Crippen molar-refractivity contribution in [2.75, 3.05) is 24.5 Å². The van der Waals surface area contributed by atoms with Crippen LogP contribution < -0.4 is 4.90 Å². The minimum atomic E-state index is 0.0317. The van der Waals surface area contributed by atoms with Crippen LogP contribution in [-0.4, -0.2) is 51.4 Å². The predicted molar refractivity (Wildman–Crippen MR) is 127 cm³/mol. The number of aryl methyl sites for hydroxylation is 1. The highest BCUT2D eigenvalue weighted by Gasteiger charge is 2.42. The van der Waals surface area contributed by atoms with Crippen LogP contribution in [0.4, 0.5) is 5.95 Å². The van der Waals surface area contributed by atoms with Crippen molar-refractivity contribution in [1.29, 1.82) is 0 Å². The van der Waals surface area contributed by atoms with Gasteiger partial charge < -0.3 is 9.80 Å². The third-order valence-corrected chi connectivity index (χ3v) is 7.42. The standard InChI is InChI=1S/C25H23N5OS/c1-16-27-22(23(32-16)18-7-3-2-4-8-18)24(31)29-13-17-11-20(15-29)30(14-17)25-26-12-19-9-5-6-10-21(19)28-25/h2-10,12,17,20H,11,13-15H2,1H3. The van der Waals surface area contributed by atoms with Gasteiger partial charge in [0.2, 0.25) is 5.95 Å². The van der Waals surface area contributed by atoms with Gasteiger partial charge in [0.15, 0.2) is 0 Å². The Hall–Kier alpha value is -3.32. The summed E-state index contributed by atoms with van der Waals surface area (Å²) in [5, 5.41) is 1.96. The van der Waals surface area contributed by atoms with E-state index in [9.17, 15) is 4.79 Å². The molecule has 0 saturated carbocycles. The van der Waals surface area contributed by atoms with Gasteiger partial charge in [0.05, 0.1) is 15.4 Å².